The van der Waals surface area contributed by atoms with E-state index in [2.05, 4.69) is 34.3 Å². The number of imidazole rings is 1. The molecular formula is C30H39N3O3S. The molecular weight excluding hydrogens is 482 g/mol. The molecule has 2 aliphatic rings. The fraction of sp³-hybridized carbons (Fsp3) is 0.567. The molecule has 2 aromatic heterocycles. The van der Waals surface area contributed by atoms with E-state index in [4.69, 9.17) is 4.98 Å². The molecule has 7 heteroatoms. The van der Waals surface area contributed by atoms with Gasteiger partial charge in [-0.3, -0.25) is 4.79 Å². The van der Waals surface area contributed by atoms with Crippen molar-refractivity contribution in [2.75, 3.05) is 0 Å². The summed E-state index contributed by atoms with van der Waals surface area (Å²) in [6.07, 6.45) is 13.0. The maximum Gasteiger partial charge on any atom is 0.326 e. The number of thiophene rings is 1. The molecule has 2 heterocycles. The van der Waals surface area contributed by atoms with Gasteiger partial charge >= 0.3 is 5.97 Å². The van der Waals surface area contributed by atoms with Crippen molar-refractivity contribution in [3.05, 3.63) is 52.0 Å². The Kier molecular flexibility index (Phi) is 8.28. The van der Waals surface area contributed by atoms with Crippen LogP contribution >= 0.6 is 11.3 Å². The van der Waals surface area contributed by atoms with Gasteiger partial charge in [-0.15, -0.1) is 11.3 Å². The summed E-state index contributed by atoms with van der Waals surface area (Å²) in [6.45, 7) is 2.34. The molecule has 1 amide bonds. The summed E-state index contributed by atoms with van der Waals surface area (Å²) in [7, 11) is 0. The Morgan fingerprint density at radius 1 is 1.08 bits per heavy atom. The predicted molar refractivity (Wildman–Crippen MR) is 148 cm³/mol. The molecule has 198 valence electrons. The van der Waals surface area contributed by atoms with Crippen molar-refractivity contribution in [2.45, 2.75) is 96.1 Å². The van der Waals surface area contributed by atoms with E-state index in [1.54, 1.807) is 11.3 Å². The van der Waals surface area contributed by atoms with Crippen LogP contribution in [0.5, 0.6) is 0 Å². The number of benzene rings is 1. The second-order valence-electron chi connectivity index (χ2n) is 11.1. The first-order chi connectivity index (χ1) is 18.0. The molecule has 2 unspecified atom stereocenters. The fourth-order valence-electron chi connectivity index (χ4n) is 6.43. The van der Waals surface area contributed by atoms with Crippen LogP contribution in [-0.2, 0) is 11.2 Å². The molecule has 2 fully saturated rings. The smallest absolute Gasteiger partial charge is 0.326 e. The van der Waals surface area contributed by atoms with Gasteiger partial charge in [0, 0.05) is 22.9 Å². The molecule has 3 aromatic rings. The number of fused-ring (bicyclic) bond motifs is 1. The lowest BCUT2D eigenvalue weighted by atomic mass is 9.85. The van der Waals surface area contributed by atoms with Gasteiger partial charge in [0.05, 0.1) is 11.0 Å². The Bertz CT molecular complexity index is 1210. The molecule has 2 N–H and O–H groups in total. The number of carbonyl (C=O) groups is 2. The van der Waals surface area contributed by atoms with E-state index in [-0.39, 0.29) is 5.91 Å². The molecule has 0 spiro atoms. The minimum Gasteiger partial charge on any atom is -0.480 e. The highest BCUT2D eigenvalue weighted by Crippen LogP contribution is 2.37. The number of hydrogen-bond acceptors (Lipinski definition) is 4. The zero-order valence-corrected chi connectivity index (χ0v) is 22.6. The summed E-state index contributed by atoms with van der Waals surface area (Å²) < 4.78 is 2.42. The molecule has 0 saturated heterocycles. The van der Waals surface area contributed by atoms with Gasteiger partial charge in [0.2, 0.25) is 0 Å². The maximum absolute atomic E-state index is 13.2. The Morgan fingerprint density at radius 3 is 2.54 bits per heavy atom. The highest BCUT2D eigenvalue weighted by Gasteiger charge is 2.28. The molecule has 0 radical (unpaired) electrons. The van der Waals surface area contributed by atoms with Crippen LogP contribution in [0.3, 0.4) is 0 Å². The van der Waals surface area contributed by atoms with Crippen LogP contribution in [0, 0.1) is 11.8 Å². The zero-order chi connectivity index (χ0) is 25.8. The van der Waals surface area contributed by atoms with Gasteiger partial charge in [-0.1, -0.05) is 64.4 Å². The molecule has 0 aliphatic heterocycles. The molecule has 0 bridgehead atoms. The first-order valence-corrected chi connectivity index (χ1v) is 14.9. The number of aliphatic carboxylic acids is 1. The lowest BCUT2D eigenvalue weighted by Crippen LogP contribution is -2.42. The van der Waals surface area contributed by atoms with E-state index in [0.29, 0.717) is 29.9 Å². The number of carboxylic acid groups (broad SMARTS) is 1. The number of aromatic nitrogens is 2. The number of carbonyl (C=O) groups excluding carboxylic acids is 1. The van der Waals surface area contributed by atoms with Crippen molar-refractivity contribution in [3.63, 3.8) is 0 Å². The third kappa shape index (κ3) is 6.08. The highest BCUT2D eigenvalue weighted by atomic mass is 32.1. The van der Waals surface area contributed by atoms with Crippen molar-refractivity contribution in [3.8, 4) is 0 Å². The van der Waals surface area contributed by atoms with Gasteiger partial charge < -0.3 is 15.0 Å². The second kappa shape index (κ2) is 11.8. The molecule has 5 rings (SSSR count). The zero-order valence-electron chi connectivity index (χ0n) is 21.8. The van der Waals surface area contributed by atoms with Crippen LogP contribution in [0.25, 0.3) is 11.0 Å². The van der Waals surface area contributed by atoms with Crippen LogP contribution < -0.4 is 5.32 Å². The van der Waals surface area contributed by atoms with Crippen LogP contribution in [0.15, 0.2) is 35.7 Å². The minimum absolute atomic E-state index is 0.330. The molecule has 37 heavy (non-hydrogen) atoms. The third-order valence-corrected chi connectivity index (χ3v) is 9.36. The number of nitrogens with one attached hydrogen (secondary N) is 1. The number of rotatable bonds is 8. The third-order valence-electron chi connectivity index (χ3n) is 8.48. The van der Waals surface area contributed by atoms with Gasteiger partial charge in [0.1, 0.15) is 11.9 Å². The quantitative estimate of drug-likeness (QED) is 0.313. The molecule has 6 nitrogen and oxygen atoms in total. The summed E-state index contributed by atoms with van der Waals surface area (Å²) in [5.74, 6) is 0.706. The van der Waals surface area contributed by atoms with Gasteiger partial charge in [-0.25, -0.2) is 9.78 Å². The Morgan fingerprint density at radius 2 is 1.84 bits per heavy atom. The normalized spacial score (nSPS) is 22.0. The van der Waals surface area contributed by atoms with Crippen LogP contribution in [-0.4, -0.2) is 32.6 Å². The average Bonchev–Trinajstić information content (AvgIpc) is 3.44. The van der Waals surface area contributed by atoms with Crippen LogP contribution in [0.2, 0.25) is 0 Å². The topological polar surface area (TPSA) is 84.2 Å². The molecule has 1 aromatic carbocycles. The van der Waals surface area contributed by atoms with Gasteiger partial charge in [-0.05, 0) is 60.7 Å². The maximum atomic E-state index is 13.2. The number of amides is 1. The van der Waals surface area contributed by atoms with Crippen LogP contribution in [0.1, 0.15) is 105 Å². The van der Waals surface area contributed by atoms with Crippen molar-refractivity contribution < 1.29 is 14.7 Å². The number of nitrogens with zero attached hydrogens (tertiary/aromatic N) is 2. The number of carboxylic acids is 1. The van der Waals surface area contributed by atoms with Crippen LogP contribution in [0.4, 0.5) is 0 Å². The monoisotopic (exact) mass is 521 g/mol. The molecule has 2 aliphatic carbocycles. The van der Waals surface area contributed by atoms with Gasteiger partial charge in [0.15, 0.2) is 0 Å². The van der Waals surface area contributed by atoms with Crippen molar-refractivity contribution in [1.29, 1.82) is 0 Å². The van der Waals surface area contributed by atoms with E-state index >= 15 is 0 Å². The summed E-state index contributed by atoms with van der Waals surface area (Å²) >= 11 is 1.74. The minimum atomic E-state index is -0.951. The Balaban J connectivity index is 1.40. The van der Waals surface area contributed by atoms with E-state index in [1.807, 2.05) is 18.2 Å². The van der Waals surface area contributed by atoms with Crippen molar-refractivity contribution in [1.82, 2.24) is 14.9 Å². The molecule has 2 saturated carbocycles. The predicted octanol–water partition coefficient (Wildman–Crippen LogP) is 6.98. The largest absolute Gasteiger partial charge is 0.480 e. The lowest BCUT2D eigenvalue weighted by Gasteiger charge is -2.31. The first-order valence-electron chi connectivity index (χ1n) is 14.1. The highest BCUT2D eigenvalue weighted by molar-refractivity contribution is 7.09. The van der Waals surface area contributed by atoms with Gasteiger partial charge in [-0.2, -0.15) is 0 Å². The van der Waals surface area contributed by atoms with E-state index in [1.165, 1.54) is 37.0 Å². The van der Waals surface area contributed by atoms with Crippen molar-refractivity contribution >= 4 is 34.2 Å². The Labute approximate surface area is 223 Å². The van der Waals surface area contributed by atoms with Gasteiger partial charge in [0.25, 0.3) is 5.91 Å². The molecule has 3 atom stereocenters. The summed E-state index contributed by atoms with van der Waals surface area (Å²) in [6, 6.07) is 9.47. The summed E-state index contributed by atoms with van der Waals surface area (Å²) in [5, 5.41) is 14.8. The van der Waals surface area contributed by atoms with E-state index in [0.717, 1.165) is 55.4 Å². The summed E-state index contributed by atoms with van der Waals surface area (Å²) in [5.41, 5.74) is 2.35. The van der Waals surface area contributed by atoms with Crippen molar-refractivity contribution in [2.24, 2.45) is 11.8 Å². The lowest BCUT2D eigenvalue weighted by molar-refractivity contribution is -0.139. The Hall–Kier alpha value is -2.67. The summed E-state index contributed by atoms with van der Waals surface area (Å²) in [4.78, 5) is 31.5. The first kappa shape index (κ1) is 26.0. The SMILES string of the molecule is C[C@@H]1CCCCC1n1c(Cc2cccs2)nc2cc(C(=O)NC(CC3CCCCCC3)C(=O)O)ccc21. The van der Waals surface area contributed by atoms with E-state index < -0.39 is 12.0 Å². The standard InChI is InChI=1S/C30H39N3O3S/c1-20-9-6-7-13-26(20)33-27-15-14-22(18-24(27)31-28(33)19-23-12-8-16-37-23)29(34)32-25(30(35)36)17-21-10-4-2-3-5-11-21/h8,12,14-16,18,20-21,25-26H,2-7,9-11,13,17,19H2,1H3,(H,32,34)(H,35,36)/t20-,25?,26?/m1/s1. The number of hydrogen-bond donors (Lipinski definition) is 2. The fourth-order valence-corrected chi connectivity index (χ4v) is 7.13. The second-order valence-corrected chi connectivity index (χ2v) is 12.2. The average molecular weight is 522 g/mol. The van der Waals surface area contributed by atoms with E-state index in [9.17, 15) is 14.7 Å².